The molecule has 1 aliphatic heterocycles. The van der Waals surface area contributed by atoms with Gasteiger partial charge in [-0.25, -0.2) is 0 Å². The summed E-state index contributed by atoms with van der Waals surface area (Å²) < 4.78 is 17.6. The van der Waals surface area contributed by atoms with Crippen molar-refractivity contribution in [3.63, 3.8) is 0 Å². The molecule has 448 valence electrons. The SMILES string of the molecule is CC/C=C\C/C=C\C/C=C\C/C=C\C/C=C\C/C=C\CCCC(O)C(=O)NC(COC1OC(CO)C(O)C(O)C1OC(=O)CCCCC/C=C\C/C=C\C/C=C\C/C=C\CCCCC)C(O)/C=C/CCCCCCCCCCC. The summed E-state index contributed by atoms with van der Waals surface area (Å²) in [6.07, 6.45) is 66.3. The zero-order valence-corrected chi connectivity index (χ0v) is 49.4. The fraction of sp³-hybridized carbons (Fsp3) is 0.647. The van der Waals surface area contributed by atoms with E-state index in [2.05, 4.69) is 142 Å². The number of unbranched alkanes of at least 4 members (excludes halogenated alkanes) is 16. The fourth-order valence-electron chi connectivity index (χ4n) is 8.64. The van der Waals surface area contributed by atoms with Crippen LogP contribution in [0, 0.1) is 0 Å². The van der Waals surface area contributed by atoms with Crippen LogP contribution >= 0.6 is 0 Å². The van der Waals surface area contributed by atoms with Crippen LogP contribution in [0.4, 0.5) is 0 Å². The summed E-state index contributed by atoms with van der Waals surface area (Å²) in [5.41, 5.74) is 0. The first kappa shape index (κ1) is 72.8. The van der Waals surface area contributed by atoms with Gasteiger partial charge in [-0.2, -0.15) is 0 Å². The number of hydrogen-bond donors (Lipinski definition) is 6. The largest absolute Gasteiger partial charge is 0.454 e. The molecular weight excluding hydrogens is 991 g/mol. The number of aliphatic hydroxyl groups excluding tert-OH is 5. The summed E-state index contributed by atoms with van der Waals surface area (Å²) in [6.45, 7) is 5.57. The standard InChI is InChI=1S/C68H111NO10/c1-4-7-10-13-16-19-22-24-26-28-30-32-33-35-37-40-43-46-49-52-55-61(72)67(76)69-59(60(71)54-51-48-45-42-39-21-18-15-12-9-6-3)58-77-68-66(65(75)64(74)62(57-70)78-68)79-63(73)56-53-50-47-44-41-38-36-34-31-29-27-25-23-20-17-14-11-8-5-2/h7,10,16-17,19-20,24-27,30-32,34-35,37-38,41,43,46,51,54,59-62,64-66,68,70-72,74-75H,4-6,8-9,11-15,18,21-23,28-29,33,36,39-40,42,44-45,47-50,52-53,55-58H2,1-3H3,(H,69,76)/b10-7-,19-16-,20-17-,26-24-,27-25-,32-30-,34-31-,37-35-,41-38-,46-43-,54-51+. The Kier molecular flexibility index (Phi) is 50.1. The van der Waals surface area contributed by atoms with E-state index in [4.69, 9.17) is 14.2 Å². The fourth-order valence-corrected chi connectivity index (χ4v) is 8.64. The molecule has 0 bridgehead atoms. The topological polar surface area (TPSA) is 175 Å². The number of allylic oxidation sites excluding steroid dienone is 21. The van der Waals surface area contributed by atoms with Gasteiger partial charge in [-0.15, -0.1) is 0 Å². The molecule has 0 saturated carbocycles. The average molecular weight is 1100 g/mol. The van der Waals surface area contributed by atoms with Crippen molar-refractivity contribution < 1.29 is 49.3 Å². The number of hydrogen-bond acceptors (Lipinski definition) is 10. The van der Waals surface area contributed by atoms with Gasteiger partial charge in [0.2, 0.25) is 5.91 Å². The Morgan fingerprint density at radius 1 is 0.506 bits per heavy atom. The smallest absolute Gasteiger partial charge is 0.306 e. The highest BCUT2D eigenvalue weighted by atomic mass is 16.7. The third-order valence-electron chi connectivity index (χ3n) is 13.5. The van der Waals surface area contributed by atoms with Crippen LogP contribution in [0.15, 0.2) is 134 Å². The lowest BCUT2D eigenvalue weighted by atomic mass is 9.99. The van der Waals surface area contributed by atoms with Crippen LogP contribution in [0.3, 0.4) is 0 Å². The molecule has 0 aromatic carbocycles. The van der Waals surface area contributed by atoms with E-state index in [0.717, 1.165) is 109 Å². The summed E-state index contributed by atoms with van der Waals surface area (Å²) >= 11 is 0. The summed E-state index contributed by atoms with van der Waals surface area (Å²) in [5.74, 6) is -1.29. The van der Waals surface area contributed by atoms with Gasteiger partial charge in [0.25, 0.3) is 0 Å². The van der Waals surface area contributed by atoms with Crippen LogP contribution in [0.2, 0.25) is 0 Å². The van der Waals surface area contributed by atoms with Crippen molar-refractivity contribution in [2.75, 3.05) is 13.2 Å². The lowest BCUT2D eigenvalue weighted by molar-refractivity contribution is -0.305. The molecule has 1 heterocycles. The van der Waals surface area contributed by atoms with E-state index in [9.17, 15) is 35.1 Å². The minimum absolute atomic E-state index is 0.0726. The molecular formula is C68H111NO10. The van der Waals surface area contributed by atoms with E-state index >= 15 is 0 Å². The first-order valence-corrected chi connectivity index (χ1v) is 31.0. The minimum Gasteiger partial charge on any atom is -0.454 e. The summed E-state index contributed by atoms with van der Waals surface area (Å²) in [6, 6.07) is -1.06. The maximum atomic E-state index is 13.4. The Hall–Kier alpha value is -4.20. The van der Waals surface area contributed by atoms with Gasteiger partial charge in [0.1, 0.15) is 24.4 Å². The van der Waals surface area contributed by atoms with Gasteiger partial charge in [-0.3, -0.25) is 9.59 Å². The Balaban J connectivity index is 2.74. The number of carbonyl (C=O) groups is 2. The normalized spacial score (nSPS) is 19.8. The molecule has 0 aliphatic carbocycles. The molecule has 1 amide bonds. The van der Waals surface area contributed by atoms with Crippen LogP contribution in [-0.4, -0.2) is 99.6 Å². The summed E-state index contributed by atoms with van der Waals surface area (Å²) in [5, 5.41) is 56.9. The minimum atomic E-state index is -1.64. The molecule has 8 atom stereocenters. The van der Waals surface area contributed by atoms with E-state index in [0.29, 0.717) is 19.3 Å². The molecule has 11 nitrogen and oxygen atoms in total. The highest BCUT2D eigenvalue weighted by Gasteiger charge is 2.47. The zero-order valence-electron chi connectivity index (χ0n) is 49.4. The van der Waals surface area contributed by atoms with Crippen LogP contribution < -0.4 is 5.32 Å². The van der Waals surface area contributed by atoms with Crippen molar-refractivity contribution in [3.05, 3.63) is 134 Å². The quantitative estimate of drug-likeness (QED) is 0.0195. The van der Waals surface area contributed by atoms with E-state index in [1.165, 1.54) is 57.8 Å². The van der Waals surface area contributed by atoms with Crippen molar-refractivity contribution in [2.45, 2.75) is 269 Å². The Morgan fingerprint density at radius 2 is 0.911 bits per heavy atom. The van der Waals surface area contributed by atoms with Crippen LogP contribution in [0.5, 0.6) is 0 Å². The predicted molar refractivity (Wildman–Crippen MR) is 328 cm³/mol. The van der Waals surface area contributed by atoms with E-state index in [-0.39, 0.29) is 19.4 Å². The Morgan fingerprint density at radius 3 is 1.39 bits per heavy atom. The lowest BCUT2D eigenvalue weighted by Crippen LogP contribution is -2.61. The Bertz CT molecular complexity index is 1790. The van der Waals surface area contributed by atoms with Gasteiger partial charge < -0.3 is 45.1 Å². The van der Waals surface area contributed by atoms with Crippen molar-refractivity contribution in [3.8, 4) is 0 Å². The molecule has 1 saturated heterocycles. The lowest BCUT2D eigenvalue weighted by Gasteiger charge is -2.41. The van der Waals surface area contributed by atoms with Gasteiger partial charge in [0, 0.05) is 6.42 Å². The molecule has 0 radical (unpaired) electrons. The van der Waals surface area contributed by atoms with Crippen molar-refractivity contribution in [2.24, 2.45) is 0 Å². The number of aliphatic hydroxyl groups is 5. The molecule has 11 heteroatoms. The average Bonchev–Trinajstić information content (AvgIpc) is 3.45. The maximum Gasteiger partial charge on any atom is 0.306 e. The van der Waals surface area contributed by atoms with Crippen LogP contribution in [0.25, 0.3) is 0 Å². The van der Waals surface area contributed by atoms with Gasteiger partial charge in [-0.1, -0.05) is 225 Å². The van der Waals surface area contributed by atoms with Crippen LogP contribution in [-0.2, 0) is 23.8 Å². The van der Waals surface area contributed by atoms with E-state index in [1.807, 2.05) is 12.2 Å². The third-order valence-corrected chi connectivity index (χ3v) is 13.5. The number of carbonyl (C=O) groups excluding carboxylic acids is 2. The monoisotopic (exact) mass is 1100 g/mol. The molecule has 0 aromatic rings. The molecule has 1 fully saturated rings. The third kappa shape index (κ3) is 42.3. The molecule has 8 unspecified atom stereocenters. The van der Waals surface area contributed by atoms with Crippen LogP contribution in [0.1, 0.15) is 220 Å². The number of esters is 1. The zero-order chi connectivity index (χ0) is 57.5. The van der Waals surface area contributed by atoms with Crippen molar-refractivity contribution >= 4 is 11.9 Å². The first-order chi connectivity index (χ1) is 38.7. The van der Waals surface area contributed by atoms with Gasteiger partial charge >= 0.3 is 5.97 Å². The van der Waals surface area contributed by atoms with Crippen molar-refractivity contribution in [1.29, 1.82) is 0 Å². The first-order valence-electron chi connectivity index (χ1n) is 31.0. The van der Waals surface area contributed by atoms with Gasteiger partial charge in [-0.05, 0) is 122 Å². The maximum absolute atomic E-state index is 13.4. The molecule has 0 aromatic heterocycles. The van der Waals surface area contributed by atoms with Gasteiger partial charge in [0.05, 0.1) is 25.4 Å². The van der Waals surface area contributed by atoms with Crippen molar-refractivity contribution in [1.82, 2.24) is 5.32 Å². The molecule has 1 aliphatic rings. The number of ether oxygens (including phenoxy) is 3. The number of amides is 1. The Labute approximate surface area is 480 Å². The summed E-state index contributed by atoms with van der Waals surface area (Å²) in [4.78, 5) is 26.5. The number of rotatable bonds is 50. The van der Waals surface area contributed by atoms with E-state index < -0.39 is 67.4 Å². The predicted octanol–water partition coefficient (Wildman–Crippen LogP) is 14.8. The highest BCUT2D eigenvalue weighted by molar-refractivity contribution is 5.80. The molecule has 79 heavy (non-hydrogen) atoms. The molecule has 1 rings (SSSR count). The molecule has 6 N–H and O–H groups in total. The molecule has 0 spiro atoms. The second kappa shape index (κ2) is 54.4. The van der Waals surface area contributed by atoms with E-state index in [1.54, 1.807) is 6.08 Å². The number of nitrogens with one attached hydrogen (secondary N) is 1. The van der Waals surface area contributed by atoms with Gasteiger partial charge in [0.15, 0.2) is 12.4 Å². The highest BCUT2D eigenvalue weighted by Crippen LogP contribution is 2.26. The second-order valence-corrected chi connectivity index (χ2v) is 20.7. The summed E-state index contributed by atoms with van der Waals surface area (Å²) in [7, 11) is 0. The second-order valence-electron chi connectivity index (χ2n) is 20.7.